The minimum atomic E-state index is -3.82. The summed E-state index contributed by atoms with van der Waals surface area (Å²) in [5.41, 5.74) is 2.00. The van der Waals surface area contributed by atoms with Crippen molar-refractivity contribution in [2.75, 3.05) is 10.0 Å². The molecular weight excluding hydrogens is 534 g/mol. The van der Waals surface area contributed by atoms with Crippen LogP contribution < -0.4 is 10.0 Å². The van der Waals surface area contributed by atoms with E-state index in [4.69, 9.17) is 11.6 Å². The number of anilines is 2. The Kier molecular flexibility index (Phi) is 6.61. The molecule has 3 aromatic carbocycles. The highest BCUT2D eigenvalue weighted by atomic mass is 79.9. The molecule has 10 heteroatoms. The Labute approximate surface area is 202 Å². The van der Waals surface area contributed by atoms with Gasteiger partial charge in [0, 0.05) is 26.0 Å². The average molecular weight is 549 g/mol. The molecule has 0 unspecified atom stereocenters. The highest BCUT2D eigenvalue weighted by Crippen LogP contribution is 2.32. The lowest BCUT2D eigenvalue weighted by molar-refractivity contribution is 0.102. The first-order valence-electron chi connectivity index (χ1n) is 9.22. The van der Waals surface area contributed by atoms with Gasteiger partial charge in [-0.25, -0.2) is 13.4 Å². The number of carbonyl (C=O) groups excluding carboxylic acids is 1. The number of carbonyl (C=O) groups is 1. The van der Waals surface area contributed by atoms with E-state index >= 15 is 0 Å². The summed E-state index contributed by atoms with van der Waals surface area (Å²) in [6, 6.07) is 19.8. The first kappa shape index (κ1) is 22.5. The van der Waals surface area contributed by atoms with Crippen molar-refractivity contribution in [1.82, 2.24) is 4.98 Å². The molecule has 4 rings (SSSR count). The molecule has 0 radical (unpaired) electrons. The molecule has 0 aliphatic rings. The van der Waals surface area contributed by atoms with Gasteiger partial charge < -0.3 is 0 Å². The van der Waals surface area contributed by atoms with Gasteiger partial charge in [-0.05, 0) is 54.6 Å². The Morgan fingerprint density at radius 1 is 0.969 bits per heavy atom. The van der Waals surface area contributed by atoms with Crippen molar-refractivity contribution >= 4 is 65.6 Å². The Balaban J connectivity index is 1.57. The second-order valence-corrected chi connectivity index (χ2v) is 10.5. The predicted molar refractivity (Wildman–Crippen MR) is 132 cm³/mol. The van der Waals surface area contributed by atoms with Gasteiger partial charge in [0.2, 0.25) is 0 Å². The largest absolute Gasteiger partial charge is 0.298 e. The summed E-state index contributed by atoms with van der Waals surface area (Å²) in [5.74, 6) is -0.282. The van der Waals surface area contributed by atoms with Crippen LogP contribution in [0, 0.1) is 0 Å². The Morgan fingerprint density at radius 2 is 1.66 bits per heavy atom. The number of halogens is 2. The summed E-state index contributed by atoms with van der Waals surface area (Å²) >= 11 is 10.4. The van der Waals surface area contributed by atoms with Crippen LogP contribution in [0.5, 0.6) is 0 Å². The van der Waals surface area contributed by atoms with Crippen molar-refractivity contribution in [3.8, 4) is 11.3 Å². The van der Waals surface area contributed by atoms with E-state index in [1.54, 1.807) is 53.9 Å². The molecule has 0 saturated carbocycles. The van der Waals surface area contributed by atoms with Crippen molar-refractivity contribution in [3.63, 3.8) is 0 Å². The van der Waals surface area contributed by atoms with E-state index in [-0.39, 0.29) is 10.8 Å². The fourth-order valence-corrected chi connectivity index (χ4v) is 5.01. The summed E-state index contributed by atoms with van der Waals surface area (Å²) in [6.07, 6.45) is 0. The monoisotopic (exact) mass is 547 g/mol. The minimum Gasteiger partial charge on any atom is -0.298 e. The number of sulfonamides is 1. The third kappa shape index (κ3) is 5.18. The molecule has 162 valence electrons. The number of amides is 1. The number of para-hydroxylation sites is 1. The molecule has 4 aromatic rings. The molecular formula is C22H15BrClN3O3S2. The maximum Gasteiger partial charge on any atom is 0.261 e. The molecule has 6 nitrogen and oxygen atoms in total. The normalized spacial score (nSPS) is 11.2. The second kappa shape index (κ2) is 9.41. The van der Waals surface area contributed by atoms with Crippen LogP contribution in [0.1, 0.15) is 10.4 Å². The molecule has 0 atom stereocenters. The molecule has 1 amide bonds. The van der Waals surface area contributed by atoms with E-state index in [0.717, 1.165) is 4.47 Å². The molecule has 0 aliphatic carbocycles. The van der Waals surface area contributed by atoms with Crippen molar-refractivity contribution in [3.05, 3.63) is 93.2 Å². The summed E-state index contributed by atoms with van der Waals surface area (Å²) in [4.78, 5) is 17.0. The number of aromatic nitrogens is 1. The van der Waals surface area contributed by atoms with Gasteiger partial charge in [-0.1, -0.05) is 45.7 Å². The van der Waals surface area contributed by atoms with Gasteiger partial charge in [0.1, 0.15) is 0 Å². The first-order valence-corrected chi connectivity index (χ1v) is 12.8. The third-order valence-electron chi connectivity index (χ3n) is 4.40. The van der Waals surface area contributed by atoms with Gasteiger partial charge in [-0.2, -0.15) is 0 Å². The Hall–Kier alpha value is -2.72. The van der Waals surface area contributed by atoms with E-state index in [1.165, 1.54) is 35.6 Å². The topological polar surface area (TPSA) is 88.2 Å². The molecule has 0 saturated heterocycles. The van der Waals surface area contributed by atoms with Crippen molar-refractivity contribution in [1.29, 1.82) is 0 Å². The second-order valence-electron chi connectivity index (χ2n) is 6.60. The summed E-state index contributed by atoms with van der Waals surface area (Å²) in [6.45, 7) is 0. The fourth-order valence-electron chi connectivity index (χ4n) is 2.84. The van der Waals surface area contributed by atoms with Gasteiger partial charge in [0.15, 0.2) is 5.13 Å². The highest BCUT2D eigenvalue weighted by Gasteiger charge is 2.18. The maximum absolute atomic E-state index is 12.8. The van der Waals surface area contributed by atoms with Crippen LogP contribution in [0.2, 0.25) is 5.02 Å². The molecule has 0 spiro atoms. The SMILES string of the molecule is O=C(Nc1nc(-c2ccccc2NS(=O)(=O)c2ccc(Cl)cc2)cs1)c1ccc(Br)cc1. The molecule has 0 aliphatic heterocycles. The van der Waals surface area contributed by atoms with Gasteiger partial charge >= 0.3 is 0 Å². The number of thiazole rings is 1. The third-order valence-corrected chi connectivity index (χ3v) is 7.32. The fraction of sp³-hybridized carbons (Fsp3) is 0. The van der Waals surface area contributed by atoms with Crippen LogP contribution in [0.3, 0.4) is 0 Å². The van der Waals surface area contributed by atoms with E-state index in [0.29, 0.717) is 32.7 Å². The van der Waals surface area contributed by atoms with Gasteiger partial charge in [0.25, 0.3) is 15.9 Å². The van der Waals surface area contributed by atoms with Crippen LogP contribution in [0.4, 0.5) is 10.8 Å². The smallest absolute Gasteiger partial charge is 0.261 e. The summed E-state index contributed by atoms with van der Waals surface area (Å²) in [5, 5.41) is 5.38. The number of rotatable bonds is 6. The van der Waals surface area contributed by atoms with Crippen LogP contribution in [-0.4, -0.2) is 19.3 Å². The molecule has 32 heavy (non-hydrogen) atoms. The molecule has 0 fully saturated rings. The number of hydrogen-bond donors (Lipinski definition) is 2. The quantitative estimate of drug-likeness (QED) is 0.297. The number of nitrogens with one attached hydrogen (secondary N) is 2. The minimum absolute atomic E-state index is 0.0948. The standard InChI is InChI=1S/C22H15BrClN3O3S2/c23-15-7-5-14(6-8-15)21(28)26-22-25-20(13-31-22)18-3-1-2-4-19(18)27-32(29,30)17-11-9-16(24)10-12-17/h1-13,27H,(H,25,26,28). The van der Waals surface area contributed by atoms with Gasteiger partial charge in [-0.3, -0.25) is 14.8 Å². The van der Waals surface area contributed by atoms with Crippen LogP contribution >= 0.6 is 38.9 Å². The molecule has 1 heterocycles. The highest BCUT2D eigenvalue weighted by molar-refractivity contribution is 9.10. The lowest BCUT2D eigenvalue weighted by Crippen LogP contribution is -2.13. The first-order chi connectivity index (χ1) is 15.3. The van der Waals surface area contributed by atoms with Gasteiger partial charge in [0.05, 0.1) is 16.3 Å². The molecule has 1 aromatic heterocycles. The predicted octanol–water partition coefficient (Wildman–Crippen LogP) is 6.28. The van der Waals surface area contributed by atoms with Crippen LogP contribution in [0.25, 0.3) is 11.3 Å². The molecule has 2 N–H and O–H groups in total. The van der Waals surface area contributed by atoms with Crippen LogP contribution in [0.15, 0.2) is 87.5 Å². The van der Waals surface area contributed by atoms with Crippen molar-refractivity contribution < 1.29 is 13.2 Å². The zero-order valence-electron chi connectivity index (χ0n) is 16.2. The molecule has 0 bridgehead atoms. The number of hydrogen-bond acceptors (Lipinski definition) is 5. The summed E-state index contributed by atoms with van der Waals surface area (Å²) < 4.78 is 29.1. The lowest BCUT2D eigenvalue weighted by atomic mass is 10.1. The number of benzene rings is 3. The van der Waals surface area contributed by atoms with E-state index in [1.807, 2.05) is 0 Å². The van der Waals surface area contributed by atoms with Gasteiger partial charge in [-0.15, -0.1) is 11.3 Å². The van der Waals surface area contributed by atoms with Crippen molar-refractivity contribution in [2.24, 2.45) is 0 Å². The lowest BCUT2D eigenvalue weighted by Gasteiger charge is -2.11. The van der Waals surface area contributed by atoms with E-state index in [2.05, 4.69) is 31.0 Å². The van der Waals surface area contributed by atoms with E-state index in [9.17, 15) is 13.2 Å². The Morgan fingerprint density at radius 3 is 2.38 bits per heavy atom. The van der Waals surface area contributed by atoms with Crippen molar-refractivity contribution in [2.45, 2.75) is 4.90 Å². The zero-order valence-corrected chi connectivity index (χ0v) is 20.2. The van der Waals surface area contributed by atoms with E-state index < -0.39 is 10.0 Å². The average Bonchev–Trinajstić information content (AvgIpc) is 3.23. The number of nitrogens with zero attached hydrogens (tertiary/aromatic N) is 1. The maximum atomic E-state index is 12.8. The Bertz CT molecular complexity index is 1370. The zero-order chi connectivity index (χ0) is 22.7. The summed E-state index contributed by atoms with van der Waals surface area (Å²) in [7, 11) is -3.82. The van der Waals surface area contributed by atoms with Crippen LogP contribution in [-0.2, 0) is 10.0 Å².